The van der Waals surface area contributed by atoms with E-state index in [0.29, 0.717) is 21.8 Å². The smallest absolute Gasteiger partial charge is 0.281 e. The standard InChI is InChI=1S/C19H21N3O3S/c1-11(2)14-6-5-12(3)9-16(14)25-10-17(23)21-22-13(4)20-18-15(19(22)24)7-8-26-18/h5-9,11H,10H2,1-4H3,(H,21,23). The van der Waals surface area contributed by atoms with Crippen molar-refractivity contribution < 1.29 is 9.53 Å². The number of aromatic nitrogens is 2. The van der Waals surface area contributed by atoms with Crippen LogP contribution in [-0.2, 0) is 4.79 Å². The van der Waals surface area contributed by atoms with E-state index in [4.69, 9.17) is 4.74 Å². The number of aryl methyl sites for hydroxylation is 2. The second-order valence-corrected chi connectivity index (χ2v) is 7.35. The minimum Gasteiger partial charge on any atom is -0.483 e. The van der Waals surface area contributed by atoms with Gasteiger partial charge in [-0.05, 0) is 48.4 Å². The van der Waals surface area contributed by atoms with Crippen LogP contribution in [0.1, 0.15) is 36.7 Å². The first-order chi connectivity index (χ1) is 12.4. The predicted octanol–water partition coefficient (Wildman–Crippen LogP) is 3.35. The van der Waals surface area contributed by atoms with Crippen molar-refractivity contribution in [1.82, 2.24) is 9.66 Å². The molecule has 0 atom stereocenters. The molecule has 0 unspecified atom stereocenters. The molecule has 0 saturated carbocycles. The highest BCUT2D eigenvalue weighted by Gasteiger charge is 2.14. The van der Waals surface area contributed by atoms with Crippen molar-refractivity contribution in [2.45, 2.75) is 33.6 Å². The average molecular weight is 371 g/mol. The van der Waals surface area contributed by atoms with Crippen LogP contribution in [0.2, 0.25) is 0 Å². The molecule has 0 bridgehead atoms. The van der Waals surface area contributed by atoms with Crippen LogP contribution in [0, 0.1) is 13.8 Å². The number of hydrogen-bond donors (Lipinski definition) is 1. The third kappa shape index (κ3) is 3.62. The Hall–Kier alpha value is -2.67. The molecule has 0 aliphatic carbocycles. The van der Waals surface area contributed by atoms with Crippen LogP contribution >= 0.6 is 11.3 Å². The van der Waals surface area contributed by atoms with Crippen molar-refractivity contribution in [3.63, 3.8) is 0 Å². The molecule has 0 fully saturated rings. The Balaban J connectivity index is 1.77. The highest BCUT2D eigenvalue weighted by molar-refractivity contribution is 7.16. The molecular weight excluding hydrogens is 350 g/mol. The maximum Gasteiger partial charge on any atom is 0.281 e. The van der Waals surface area contributed by atoms with Gasteiger partial charge < -0.3 is 4.74 Å². The lowest BCUT2D eigenvalue weighted by Gasteiger charge is -2.15. The Morgan fingerprint density at radius 3 is 2.81 bits per heavy atom. The molecule has 2 aromatic heterocycles. The van der Waals surface area contributed by atoms with Crippen LogP contribution in [0.4, 0.5) is 0 Å². The van der Waals surface area contributed by atoms with E-state index in [1.165, 1.54) is 16.0 Å². The average Bonchev–Trinajstić information content (AvgIpc) is 3.05. The third-order valence-corrected chi connectivity index (χ3v) is 4.86. The molecule has 6 nitrogen and oxygen atoms in total. The minimum absolute atomic E-state index is 0.184. The number of carbonyl (C=O) groups excluding carboxylic acids is 1. The molecule has 0 saturated heterocycles. The molecule has 1 aromatic carbocycles. The van der Waals surface area contributed by atoms with Crippen LogP contribution in [0.25, 0.3) is 10.2 Å². The topological polar surface area (TPSA) is 73.2 Å². The molecular formula is C19H21N3O3S. The molecule has 0 aliphatic heterocycles. The normalized spacial score (nSPS) is 11.1. The summed E-state index contributed by atoms with van der Waals surface area (Å²) in [5, 5.41) is 2.29. The van der Waals surface area contributed by atoms with E-state index in [2.05, 4.69) is 24.3 Å². The van der Waals surface area contributed by atoms with Gasteiger partial charge in [0, 0.05) is 0 Å². The first-order valence-corrected chi connectivity index (χ1v) is 9.25. The molecule has 1 N–H and O–H groups in total. The van der Waals surface area contributed by atoms with Crippen LogP contribution in [0.15, 0.2) is 34.4 Å². The maximum atomic E-state index is 12.5. The van der Waals surface area contributed by atoms with Crippen molar-refractivity contribution in [2.75, 3.05) is 12.0 Å². The molecule has 3 rings (SSSR count). The second kappa shape index (κ2) is 7.29. The van der Waals surface area contributed by atoms with E-state index in [9.17, 15) is 9.59 Å². The predicted molar refractivity (Wildman–Crippen MR) is 104 cm³/mol. The van der Waals surface area contributed by atoms with Gasteiger partial charge in [0.15, 0.2) is 6.61 Å². The van der Waals surface area contributed by atoms with Gasteiger partial charge in [-0.1, -0.05) is 26.0 Å². The first-order valence-electron chi connectivity index (χ1n) is 8.37. The fourth-order valence-corrected chi connectivity index (χ4v) is 3.49. The molecule has 3 aromatic rings. The summed E-state index contributed by atoms with van der Waals surface area (Å²) in [6.45, 7) is 7.61. The minimum atomic E-state index is -0.414. The van der Waals surface area contributed by atoms with Gasteiger partial charge in [-0.25, -0.2) is 9.66 Å². The zero-order chi connectivity index (χ0) is 18.8. The number of benzene rings is 1. The van der Waals surface area contributed by atoms with E-state index < -0.39 is 5.91 Å². The van der Waals surface area contributed by atoms with Crippen molar-refractivity contribution >= 4 is 27.5 Å². The van der Waals surface area contributed by atoms with Crippen molar-refractivity contribution in [3.8, 4) is 5.75 Å². The van der Waals surface area contributed by atoms with Crippen molar-refractivity contribution in [2.24, 2.45) is 0 Å². The van der Waals surface area contributed by atoms with Crippen LogP contribution < -0.4 is 15.7 Å². The number of amides is 1. The summed E-state index contributed by atoms with van der Waals surface area (Å²) in [4.78, 5) is 29.8. The number of thiophene rings is 1. The van der Waals surface area contributed by atoms with Crippen LogP contribution in [0.3, 0.4) is 0 Å². The number of nitrogens with one attached hydrogen (secondary N) is 1. The molecule has 1 amide bonds. The van der Waals surface area contributed by atoms with Crippen LogP contribution in [0.5, 0.6) is 5.75 Å². The lowest BCUT2D eigenvalue weighted by Crippen LogP contribution is -2.37. The Morgan fingerprint density at radius 1 is 1.31 bits per heavy atom. The van der Waals surface area contributed by atoms with Crippen LogP contribution in [-0.4, -0.2) is 22.2 Å². The van der Waals surface area contributed by atoms with E-state index in [1.54, 1.807) is 18.4 Å². The summed E-state index contributed by atoms with van der Waals surface area (Å²) < 4.78 is 6.89. The fourth-order valence-electron chi connectivity index (χ4n) is 2.69. The van der Waals surface area contributed by atoms with E-state index >= 15 is 0 Å². The highest BCUT2D eigenvalue weighted by atomic mass is 32.1. The van der Waals surface area contributed by atoms with Crippen molar-refractivity contribution in [1.29, 1.82) is 0 Å². The lowest BCUT2D eigenvalue weighted by molar-refractivity contribution is -0.119. The summed E-state index contributed by atoms with van der Waals surface area (Å²) in [5.74, 6) is 0.980. The Kier molecular flexibility index (Phi) is 5.08. The number of hydrogen-bond acceptors (Lipinski definition) is 5. The van der Waals surface area contributed by atoms with Gasteiger partial charge in [0.2, 0.25) is 0 Å². The van der Waals surface area contributed by atoms with Gasteiger partial charge in [0.1, 0.15) is 16.4 Å². The van der Waals surface area contributed by atoms with E-state index in [0.717, 1.165) is 11.1 Å². The number of fused-ring (bicyclic) bond motifs is 1. The van der Waals surface area contributed by atoms with Gasteiger partial charge in [-0.3, -0.25) is 15.0 Å². The highest BCUT2D eigenvalue weighted by Crippen LogP contribution is 2.27. The van der Waals surface area contributed by atoms with Crippen molar-refractivity contribution in [3.05, 3.63) is 57.0 Å². The largest absolute Gasteiger partial charge is 0.483 e. The molecule has 0 spiro atoms. The molecule has 0 aliphatic rings. The molecule has 7 heteroatoms. The fraction of sp³-hybridized carbons (Fsp3) is 0.316. The lowest BCUT2D eigenvalue weighted by atomic mass is 10.0. The Bertz CT molecular complexity index is 1020. The van der Waals surface area contributed by atoms with Gasteiger partial charge in [-0.2, -0.15) is 0 Å². The summed E-state index contributed by atoms with van der Waals surface area (Å²) in [5.41, 5.74) is 4.38. The number of nitrogens with zero attached hydrogens (tertiary/aromatic N) is 2. The first kappa shape index (κ1) is 18.1. The maximum absolute atomic E-state index is 12.5. The molecule has 2 heterocycles. The molecule has 136 valence electrons. The summed E-state index contributed by atoms with van der Waals surface area (Å²) >= 11 is 1.39. The number of rotatable bonds is 5. The van der Waals surface area contributed by atoms with E-state index in [1.807, 2.05) is 25.1 Å². The van der Waals surface area contributed by atoms with Gasteiger partial charge in [0.05, 0.1) is 5.39 Å². The van der Waals surface area contributed by atoms with E-state index in [-0.39, 0.29) is 18.1 Å². The van der Waals surface area contributed by atoms with Gasteiger partial charge in [-0.15, -0.1) is 11.3 Å². The monoisotopic (exact) mass is 371 g/mol. The Morgan fingerprint density at radius 2 is 2.08 bits per heavy atom. The Labute approximate surface area is 155 Å². The molecule has 26 heavy (non-hydrogen) atoms. The summed E-state index contributed by atoms with van der Waals surface area (Å²) in [7, 11) is 0. The molecule has 0 radical (unpaired) electrons. The zero-order valence-electron chi connectivity index (χ0n) is 15.2. The zero-order valence-corrected chi connectivity index (χ0v) is 16.0. The number of carbonyl (C=O) groups is 1. The third-order valence-electron chi connectivity index (χ3n) is 4.05. The van der Waals surface area contributed by atoms with Gasteiger partial charge in [0.25, 0.3) is 11.5 Å². The van der Waals surface area contributed by atoms with Gasteiger partial charge >= 0.3 is 0 Å². The second-order valence-electron chi connectivity index (χ2n) is 6.46. The number of ether oxygens (including phenoxy) is 1. The SMILES string of the molecule is Cc1ccc(C(C)C)c(OCC(=O)Nn2c(C)nc3sccc3c2=O)c1. The quantitative estimate of drug-likeness (QED) is 0.746. The summed E-state index contributed by atoms with van der Waals surface area (Å²) in [6.07, 6.45) is 0. The summed E-state index contributed by atoms with van der Waals surface area (Å²) in [6, 6.07) is 7.65.